The SMILES string of the molecule is CCOC(=O)c1ccc(-c2sc3ccccc3c2C=O)cc1. The second-order valence-corrected chi connectivity index (χ2v) is 5.81. The molecule has 0 aliphatic rings. The maximum atomic E-state index is 11.7. The number of thiophene rings is 1. The van der Waals surface area contributed by atoms with Crippen LogP contribution in [0.15, 0.2) is 48.5 Å². The fraction of sp³-hybridized carbons (Fsp3) is 0.111. The van der Waals surface area contributed by atoms with Gasteiger partial charge >= 0.3 is 5.97 Å². The Bertz CT molecular complexity index is 831. The van der Waals surface area contributed by atoms with Crippen molar-refractivity contribution in [3.05, 3.63) is 59.7 Å². The highest BCUT2D eigenvalue weighted by molar-refractivity contribution is 7.22. The number of aldehydes is 1. The summed E-state index contributed by atoms with van der Waals surface area (Å²) in [4.78, 5) is 24.1. The lowest BCUT2D eigenvalue weighted by Crippen LogP contribution is -2.03. The summed E-state index contributed by atoms with van der Waals surface area (Å²) in [6.45, 7) is 2.13. The standard InChI is InChI=1S/C18H14O3S/c1-2-21-18(20)13-9-7-12(8-10-13)17-15(11-19)14-5-3-4-6-16(14)22-17/h3-11H,2H2,1H3. The summed E-state index contributed by atoms with van der Waals surface area (Å²) in [6, 6.07) is 15.0. The molecule has 0 unspecified atom stereocenters. The third-order valence-electron chi connectivity index (χ3n) is 3.41. The van der Waals surface area contributed by atoms with Crippen LogP contribution in [0.5, 0.6) is 0 Å². The predicted molar refractivity (Wildman–Crippen MR) is 88.6 cm³/mol. The molecule has 0 saturated carbocycles. The van der Waals surface area contributed by atoms with Crippen LogP contribution in [0.1, 0.15) is 27.6 Å². The van der Waals surface area contributed by atoms with E-state index < -0.39 is 0 Å². The number of carbonyl (C=O) groups excluding carboxylic acids is 2. The van der Waals surface area contributed by atoms with Crippen LogP contribution in [0.4, 0.5) is 0 Å². The molecule has 0 atom stereocenters. The molecule has 0 fully saturated rings. The molecule has 0 spiro atoms. The van der Waals surface area contributed by atoms with Gasteiger partial charge in [0.1, 0.15) is 0 Å². The number of hydrogen-bond acceptors (Lipinski definition) is 4. The summed E-state index contributed by atoms with van der Waals surface area (Å²) in [5, 5.41) is 0.965. The minimum Gasteiger partial charge on any atom is -0.462 e. The number of fused-ring (bicyclic) bond motifs is 1. The molecule has 22 heavy (non-hydrogen) atoms. The van der Waals surface area contributed by atoms with Crippen molar-refractivity contribution in [2.75, 3.05) is 6.61 Å². The lowest BCUT2D eigenvalue weighted by atomic mass is 10.1. The first-order valence-corrected chi connectivity index (χ1v) is 7.80. The van der Waals surface area contributed by atoms with Crippen molar-refractivity contribution in [2.45, 2.75) is 6.92 Å². The van der Waals surface area contributed by atoms with Gasteiger partial charge in [-0.3, -0.25) is 4.79 Å². The first-order chi connectivity index (χ1) is 10.7. The van der Waals surface area contributed by atoms with Gasteiger partial charge in [0.2, 0.25) is 0 Å². The first-order valence-electron chi connectivity index (χ1n) is 6.99. The van der Waals surface area contributed by atoms with Crippen LogP contribution in [0.25, 0.3) is 20.5 Å². The van der Waals surface area contributed by atoms with Crippen molar-refractivity contribution in [3.63, 3.8) is 0 Å². The molecule has 4 heteroatoms. The largest absolute Gasteiger partial charge is 0.462 e. The van der Waals surface area contributed by atoms with Crippen molar-refractivity contribution in [1.29, 1.82) is 0 Å². The summed E-state index contributed by atoms with van der Waals surface area (Å²) < 4.78 is 6.05. The molecule has 2 aromatic carbocycles. The Balaban J connectivity index is 2.04. The molecule has 0 saturated heterocycles. The van der Waals surface area contributed by atoms with Gasteiger partial charge in [0.25, 0.3) is 0 Å². The maximum absolute atomic E-state index is 11.7. The lowest BCUT2D eigenvalue weighted by Gasteiger charge is -2.03. The summed E-state index contributed by atoms with van der Waals surface area (Å²) in [7, 11) is 0. The molecule has 0 bridgehead atoms. The van der Waals surface area contributed by atoms with Gasteiger partial charge in [-0.1, -0.05) is 30.3 Å². The van der Waals surface area contributed by atoms with Gasteiger partial charge in [0.15, 0.2) is 6.29 Å². The molecule has 0 aliphatic heterocycles. The van der Waals surface area contributed by atoms with Crippen molar-refractivity contribution >= 4 is 33.7 Å². The van der Waals surface area contributed by atoms with Crippen molar-refractivity contribution in [2.24, 2.45) is 0 Å². The Morgan fingerprint density at radius 2 is 1.86 bits per heavy atom. The zero-order chi connectivity index (χ0) is 15.5. The Labute approximate surface area is 132 Å². The molecular formula is C18H14O3S. The molecule has 1 heterocycles. The van der Waals surface area contributed by atoms with Crippen LogP contribution < -0.4 is 0 Å². The van der Waals surface area contributed by atoms with E-state index in [9.17, 15) is 9.59 Å². The predicted octanol–water partition coefficient (Wildman–Crippen LogP) is 4.56. The molecule has 3 rings (SSSR count). The summed E-state index contributed by atoms with van der Waals surface area (Å²) in [5.41, 5.74) is 2.14. The quantitative estimate of drug-likeness (QED) is 0.524. The van der Waals surface area contributed by atoms with E-state index in [1.165, 1.54) is 0 Å². The van der Waals surface area contributed by atoms with Crippen LogP contribution in [-0.2, 0) is 4.74 Å². The average molecular weight is 310 g/mol. The van der Waals surface area contributed by atoms with E-state index in [0.29, 0.717) is 17.7 Å². The molecule has 0 amide bonds. The monoisotopic (exact) mass is 310 g/mol. The van der Waals surface area contributed by atoms with E-state index in [-0.39, 0.29) is 5.97 Å². The van der Waals surface area contributed by atoms with Gasteiger partial charge in [-0.15, -0.1) is 11.3 Å². The highest BCUT2D eigenvalue weighted by Gasteiger charge is 2.14. The lowest BCUT2D eigenvalue weighted by molar-refractivity contribution is 0.0526. The molecule has 0 radical (unpaired) electrons. The number of benzene rings is 2. The van der Waals surface area contributed by atoms with Crippen molar-refractivity contribution in [3.8, 4) is 10.4 Å². The van der Waals surface area contributed by atoms with Crippen LogP contribution in [-0.4, -0.2) is 18.9 Å². The fourth-order valence-corrected chi connectivity index (χ4v) is 3.55. The van der Waals surface area contributed by atoms with Gasteiger partial charge in [0, 0.05) is 20.5 Å². The molecule has 3 nitrogen and oxygen atoms in total. The van der Waals surface area contributed by atoms with Crippen LogP contribution in [0.2, 0.25) is 0 Å². The summed E-state index contributed by atoms with van der Waals surface area (Å²) in [5.74, 6) is -0.332. The highest BCUT2D eigenvalue weighted by atomic mass is 32.1. The van der Waals surface area contributed by atoms with E-state index in [4.69, 9.17) is 4.74 Å². The molecule has 0 aliphatic carbocycles. The average Bonchev–Trinajstić information content (AvgIpc) is 2.93. The second kappa shape index (κ2) is 6.12. The molecule has 0 N–H and O–H groups in total. The van der Waals surface area contributed by atoms with Gasteiger partial charge in [-0.25, -0.2) is 4.79 Å². The number of esters is 1. The van der Waals surface area contributed by atoms with Gasteiger partial charge in [-0.2, -0.15) is 0 Å². The van der Waals surface area contributed by atoms with E-state index in [1.54, 1.807) is 30.4 Å². The van der Waals surface area contributed by atoms with Gasteiger partial charge in [-0.05, 0) is 30.7 Å². The number of hydrogen-bond donors (Lipinski definition) is 0. The topological polar surface area (TPSA) is 43.4 Å². The van der Waals surface area contributed by atoms with E-state index in [0.717, 1.165) is 26.8 Å². The summed E-state index contributed by atoms with van der Waals surface area (Å²) >= 11 is 1.58. The smallest absolute Gasteiger partial charge is 0.338 e. The fourth-order valence-electron chi connectivity index (χ4n) is 2.37. The van der Waals surface area contributed by atoms with E-state index in [1.807, 2.05) is 36.4 Å². The van der Waals surface area contributed by atoms with Crippen LogP contribution >= 0.6 is 11.3 Å². The maximum Gasteiger partial charge on any atom is 0.338 e. The Morgan fingerprint density at radius 1 is 1.14 bits per heavy atom. The number of ether oxygens (including phenoxy) is 1. The number of carbonyl (C=O) groups is 2. The van der Waals surface area contributed by atoms with Crippen LogP contribution in [0, 0.1) is 0 Å². The van der Waals surface area contributed by atoms with Gasteiger partial charge < -0.3 is 4.74 Å². The van der Waals surface area contributed by atoms with E-state index in [2.05, 4.69) is 0 Å². The highest BCUT2D eigenvalue weighted by Crippen LogP contribution is 2.37. The second-order valence-electron chi connectivity index (χ2n) is 4.76. The Kier molecular flexibility index (Phi) is 4.02. The zero-order valence-corrected chi connectivity index (χ0v) is 12.9. The summed E-state index contributed by atoms with van der Waals surface area (Å²) in [6.07, 6.45) is 0.896. The van der Waals surface area contributed by atoms with Crippen molar-refractivity contribution < 1.29 is 14.3 Å². The Morgan fingerprint density at radius 3 is 2.55 bits per heavy atom. The molecule has 3 aromatic rings. The van der Waals surface area contributed by atoms with Crippen molar-refractivity contribution in [1.82, 2.24) is 0 Å². The van der Waals surface area contributed by atoms with E-state index >= 15 is 0 Å². The third kappa shape index (κ3) is 2.53. The normalized spacial score (nSPS) is 10.6. The third-order valence-corrected chi connectivity index (χ3v) is 4.65. The van der Waals surface area contributed by atoms with Crippen LogP contribution in [0.3, 0.4) is 0 Å². The molecular weight excluding hydrogens is 296 g/mol. The minimum atomic E-state index is -0.332. The Hall–Kier alpha value is -2.46. The van der Waals surface area contributed by atoms with Gasteiger partial charge in [0.05, 0.1) is 12.2 Å². The minimum absolute atomic E-state index is 0.332. The molecule has 1 aromatic heterocycles. The molecule has 110 valence electrons. The zero-order valence-electron chi connectivity index (χ0n) is 12.0. The number of rotatable bonds is 4. The first kappa shape index (κ1) is 14.5.